The van der Waals surface area contributed by atoms with Gasteiger partial charge in [-0.25, -0.2) is 0 Å². The van der Waals surface area contributed by atoms with Crippen molar-refractivity contribution in [3.05, 3.63) is 59.4 Å². The molecule has 2 N–H and O–H groups in total. The topological polar surface area (TPSA) is 71.5 Å². The lowest BCUT2D eigenvalue weighted by atomic mass is 10.1. The molecule has 5 nitrogen and oxygen atoms in total. The molecule has 2 rings (SSSR count). The molecule has 0 bridgehead atoms. The third-order valence-electron chi connectivity index (χ3n) is 3.59. The normalized spacial score (nSPS) is 11.8. The smallest absolute Gasteiger partial charge is 0.258 e. The summed E-state index contributed by atoms with van der Waals surface area (Å²) in [7, 11) is 0. The summed E-state index contributed by atoms with van der Waals surface area (Å²) in [5.74, 6) is 0.306. The highest BCUT2D eigenvalue weighted by molar-refractivity contribution is 5.78. The molecule has 5 heteroatoms. The summed E-state index contributed by atoms with van der Waals surface area (Å²) in [5, 5.41) is 11.8. The highest BCUT2D eigenvalue weighted by Gasteiger charge is 2.10. The Morgan fingerprint density at radius 3 is 2.57 bits per heavy atom. The molecule has 0 aliphatic rings. The van der Waals surface area contributed by atoms with Crippen LogP contribution in [0.2, 0.25) is 0 Å². The maximum Gasteiger partial charge on any atom is 0.258 e. The van der Waals surface area contributed by atoms with Crippen molar-refractivity contribution in [1.29, 1.82) is 0 Å². The van der Waals surface area contributed by atoms with E-state index in [0.29, 0.717) is 11.4 Å². The average molecular weight is 314 g/mol. The number of hydrogen-bond donors (Lipinski definition) is 2. The lowest BCUT2D eigenvalue weighted by molar-refractivity contribution is -0.123. The first-order valence-electron chi connectivity index (χ1n) is 7.69. The zero-order valence-electron chi connectivity index (χ0n) is 13.5. The van der Waals surface area contributed by atoms with E-state index in [9.17, 15) is 4.79 Å². The van der Waals surface area contributed by atoms with Gasteiger partial charge in [0.05, 0.1) is 24.5 Å². The van der Waals surface area contributed by atoms with Crippen LogP contribution in [0, 0.1) is 0 Å². The van der Waals surface area contributed by atoms with Crippen LogP contribution in [0.15, 0.2) is 42.6 Å². The van der Waals surface area contributed by atoms with Gasteiger partial charge in [0.25, 0.3) is 5.91 Å². The van der Waals surface area contributed by atoms with Gasteiger partial charge in [-0.1, -0.05) is 31.2 Å². The Morgan fingerprint density at radius 1 is 1.26 bits per heavy atom. The van der Waals surface area contributed by atoms with Gasteiger partial charge in [0.15, 0.2) is 6.61 Å². The van der Waals surface area contributed by atoms with Crippen LogP contribution in [0.3, 0.4) is 0 Å². The number of amides is 1. The summed E-state index contributed by atoms with van der Waals surface area (Å²) in [6.45, 7) is 3.86. The molecule has 2 aromatic rings. The van der Waals surface area contributed by atoms with Crippen molar-refractivity contribution >= 4 is 5.91 Å². The van der Waals surface area contributed by atoms with Gasteiger partial charge in [-0.05, 0) is 36.6 Å². The van der Waals surface area contributed by atoms with Crippen LogP contribution in [0.4, 0.5) is 0 Å². The van der Waals surface area contributed by atoms with E-state index >= 15 is 0 Å². The number of aromatic nitrogens is 1. The van der Waals surface area contributed by atoms with Gasteiger partial charge in [-0.3, -0.25) is 9.78 Å². The fraction of sp³-hybridized carbons (Fsp3) is 0.333. The molecule has 1 heterocycles. The lowest BCUT2D eigenvalue weighted by Gasteiger charge is -2.15. The molecule has 122 valence electrons. The lowest BCUT2D eigenvalue weighted by Crippen LogP contribution is -2.31. The average Bonchev–Trinajstić information content (AvgIpc) is 2.60. The fourth-order valence-corrected chi connectivity index (χ4v) is 2.15. The van der Waals surface area contributed by atoms with Gasteiger partial charge in [-0.2, -0.15) is 0 Å². The third-order valence-corrected chi connectivity index (χ3v) is 3.59. The zero-order chi connectivity index (χ0) is 16.7. The first-order chi connectivity index (χ1) is 11.1. The molecule has 0 spiro atoms. The van der Waals surface area contributed by atoms with E-state index in [1.54, 1.807) is 12.1 Å². The molecule has 0 saturated carbocycles. The fourth-order valence-electron chi connectivity index (χ4n) is 2.15. The van der Waals surface area contributed by atoms with Crippen molar-refractivity contribution in [3.63, 3.8) is 0 Å². The van der Waals surface area contributed by atoms with Crippen LogP contribution < -0.4 is 10.1 Å². The molecule has 0 aliphatic carbocycles. The first-order valence-corrected chi connectivity index (χ1v) is 7.69. The Hall–Kier alpha value is -2.40. The molecular formula is C18H22N2O3. The van der Waals surface area contributed by atoms with Crippen molar-refractivity contribution in [1.82, 2.24) is 10.3 Å². The van der Waals surface area contributed by atoms with E-state index in [0.717, 1.165) is 12.0 Å². The minimum Gasteiger partial charge on any atom is -0.482 e. The van der Waals surface area contributed by atoms with Gasteiger partial charge >= 0.3 is 0 Å². The van der Waals surface area contributed by atoms with E-state index in [-0.39, 0.29) is 25.2 Å². The molecule has 1 atom stereocenters. The number of rotatable bonds is 7. The van der Waals surface area contributed by atoms with Crippen molar-refractivity contribution in [3.8, 4) is 5.75 Å². The summed E-state index contributed by atoms with van der Waals surface area (Å²) >= 11 is 0. The van der Waals surface area contributed by atoms with E-state index in [2.05, 4.69) is 29.4 Å². The highest BCUT2D eigenvalue weighted by Crippen LogP contribution is 2.14. The van der Waals surface area contributed by atoms with Crippen molar-refractivity contribution in [2.24, 2.45) is 0 Å². The number of pyridine rings is 1. The number of aliphatic hydroxyl groups excluding tert-OH is 1. The summed E-state index contributed by atoms with van der Waals surface area (Å²) in [4.78, 5) is 15.9. The van der Waals surface area contributed by atoms with Crippen LogP contribution in [0.25, 0.3) is 0 Å². The van der Waals surface area contributed by atoms with Crippen LogP contribution in [-0.4, -0.2) is 22.6 Å². The number of nitrogens with one attached hydrogen (secondary N) is 1. The molecule has 1 amide bonds. The highest BCUT2D eigenvalue weighted by atomic mass is 16.5. The Morgan fingerprint density at radius 2 is 2.00 bits per heavy atom. The molecule has 0 radical (unpaired) electrons. The number of ether oxygens (including phenoxy) is 1. The van der Waals surface area contributed by atoms with Gasteiger partial charge in [0.2, 0.25) is 0 Å². The molecule has 1 aromatic heterocycles. The van der Waals surface area contributed by atoms with Crippen LogP contribution >= 0.6 is 0 Å². The van der Waals surface area contributed by atoms with E-state index < -0.39 is 0 Å². The summed E-state index contributed by atoms with van der Waals surface area (Å²) in [5.41, 5.74) is 2.89. The minimum atomic E-state index is -0.191. The van der Waals surface area contributed by atoms with Crippen molar-refractivity contribution in [2.75, 3.05) is 6.61 Å². The second kappa shape index (κ2) is 8.29. The molecule has 0 saturated heterocycles. The molecule has 0 fully saturated rings. The van der Waals surface area contributed by atoms with Crippen LogP contribution in [-0.2, 0) is 17.8 Å². The summed E-state index contributed by atoms with van der Waals surface area (Å²) < 4.78 is 5.38. The Kier molecular flexibility index (Phi) is 6.11. The van der Waals surface area contributed by atoms with Crippen LogP contribution in [0.1, 0.15) is 36.7 Å². The molecular weight excluding hydrogens is 292 g/mol. The predicted octanol–water partition coefficient (Wildman–Crippen LogP) is 2.39. The number of carbonyl (C=O) groups is 1. The largest absolute Gasteiger partial charge is 0.482 e. The number of nitrogens with zero attached hydrogens (tertiary/aromatic N) is 1. The van der Waals surface area contributed by atoms with Crippen molar-refractivity contribution in [2.45, 2.75) is 32.9 Å². The Bertz CT molecular complexity index is 624. The Labute approximate surface area is 136 Å². The predicted molar refractivity (Wildman–Crippen MR) is 88.0 cm³/mol. The second-order valence-corrected chi connectivity index (χ2v) is 5.32. The molecule has 23 heavy (non-hydrogen) atoms. The number of carbonyl (C=O) groups excluding carboxylic acids is 1. The number of hydrogen-bond acceptors (Lipinski definition) is 4. The van der Waals surface area contributed by atoms with E-state index in [1.807, 2.05) is 19.1 Å². The molecule has 1 aromatic carbocycles. The van der Waals surface area contributed by atoms with Gasteiger partial charge in [0.1, 0.15) is 5.75 Å². The van der Waals surface area contributed by atoms with Gasteiger partial charge < -0.3 is 15.2 Å². The minimum absolute atomic E-state index is 0.0719. The SMILES string of the molecule is CCc1ccc(C(C)NC(=O)COc2ccc(CO)nc2)cc1. The van der Waals surface area contributed by atoms with Gasteiger partial charge in [-0.15, -0.1) is 0 Å². The summed E-state index contributed by atoms with van der Waals surface area (Å²) in [6.07, 6.45) is 2.49. The number of aliphatic hydroxyl groups is 1. The van der Waals surface area contributed by atoms with Crippen molar-refractivity contribution < 1.29 is 14.6 Å². The second-order valence-electron chi connectivity index (χ2n) is 5.32. The van der Waals surface area contributed by atoms with Gasteiger partial charge in [0, 0.05) is 0 Å². The van der Waals surface area contributed by atoms with Crippen LogP contribution in [0.5, 0.6) is 5.75 Å². The quantitative estimate of drug-likeness (QED) is 0.823. The first kappa shape index (κ1) is 17.0. The zero-order valence-corrected chi connectivity index (χ0v) is 13.5. The summed E-state index contributed by atoms with van der Waals surface area (Å²) in [6, 6.07) is 11.5. The maximum atomic E-state index is 11.9. The third kappa shape index (κ3) is 5.07. The Balaban J connectivity index is 1.83. The molecule has 0 aliphatic heterocycles. The monoisotopic (exact) mass is 314 g/mol. The maximum absolute atomic E-state index is 11.9. The standard InChI is InChI=1S/C18H22N2O3/c1-3-14-4-6-15(7-5-14)13(2)20-18(22)12-23-17-9-8-16(11-21)19-10-17/h4-10,13,21H,3,11-12H2,1-2H3,(H,20,22). The number of benzene rings is 1. The molecule has 1 unspecified atom stereocenters. The number of aryl methyl sites for hydroxylation is 1. The van der Waals surface area contributed by atoms with E-state index in [1.165, 1.54) is 11.8 Å². The van der Waals surface area contributed by atoms with E-state index in [4.69, 9.17) is 9.84 Å².